The van der Waals surface area contributed by atoms with E-state index in [9.17, 15) is 9.59 Å². The maximum Gasteiger partial charge on any atom is 0.232 e. The van der Waals surface area contributed by atoms with Crippen molar-refractivity contribution in [1.82, 2.24) is 30.4 Å². The largest absolute Gasteiger partial charge is 0.494 e. The van der Waals surface area contributed by atoms with Gasteiger partial charge in [0.1, 0.15) is 21.5 Å². The van der Waals surface area contributed by atoms with Gasteiger partial charge in [-0.2, -0.15) is 0 Å². The number of pyridine rings is 2. The molecule has 1 aliphatic carbocycles. The van der Waals surface area contributed by atoms with Crippen molar-refractivity contribution in [2.75, 3.05) is 23.8 Å². The van der Waals surface area contributed by atoms with Gasteiger partial charge in [-0.1, -0.05) is 29.1 Å². The highest BCUT2D eigenvalue weighted by Gasteiger charge is 2.29. The monoisotopic (exact) mass is 608 g/mol. The number of nitrogens with one attached hydrogen (secondary N) is 2. The van der Waals surface area contributed by atoms with Gasteiger partial charge in [0, 0.05) is 36.4 Å². The Morgan fingerprint density at radius 3 is 1.71 bits per heavy atom. The lowest BCUT2D eigenvalue weighted by Crippen LogP contribution is -2.15. The first-order chi connectivity index (χ1) is 20.5. The molecule has 4 aromatic heterocycles. The number of carbonyl (C=O) groups is 2. The topological polar surface area (TPSA) is 154 Å². The highest BCUT2D eigenvalue weighted by molar-refractivity contribution is 7.15. The van der Waals surface area contributed by atoms with Gasteiger partial charge in [0.25, 0.3) is 0 Å². The summed E-state index contributed by atoms with van der Waals surface area (Å²) >= 11 is 2.80. The van der Waals surface area contributed by atoms with E-state index in [1.165, 1.54) is 22.7 Å². The first kappa shape index (κ1) is 29.5. The van der Waals surface area contributed by atoms with Crippen LogP contribution in [0.3, 0.4) is 0 Å². The minimum absolute atomic E-state index is 0.118. The molecule has 0 spiro atoms. The Balaban J connectivity index is 1.13. The Morgan fingerprint density at radius 1 is 0.786 bits per heavy atom. The van der Waals surface area contributed by atoms with Gasteiger partial charge in [0.15, 0.2) is 0 Å². The van der Waals surface area contributed by atoms with E-state index in [-0.39, 0.29) is 36.5 Å². The molecule has 0 aromatic carbocycles. The summed E-state index contributed by atoms with van der Waals surface area (Å²) in [5.41, 5.74) is 1.25. The highest BCUT2D eigenvalue weighted by atomic mass is 32.1. The van der Waals surface area contributed by atoms with Crippen LogP contribution in [0.2, 0.25) is 0 Å². The van der Waals surface area contributed by atoms with Crippen molar-refractivity contribution in [3.8, 4) is 11.5 Å². The summed E-state index contributed by atoms with van der Waals surface area (Å²) in [6.07, 6.45) is 7.35. The second-order valence-electron chi connectivity index (χ2n) is 9.73. The van der Waals surface area contributed by atoms with E-state index in [1.54, 1.807) is 36.7 Å². The molecule has 1 fully saturated rings. The molecule has 2 amide bonds. The van der Waals surface area contributed by atoms with Gasteiger partial charge in [-0.15, -0.1) is 20.4 Å². The van der Waals surface area contributed by atoms with Crippen LogP contribution in [0.1, 0.15) is 72.8 Å². The van der Waals surface area contributed by atoms with Crippen molar-refractivity contribution in [1.29, 1.82) is 0 Å². The molecule has 12 nitrogen and oxygen atoms in total. The summed E-state index contributed by atoms with van der Waals surface area (Å²) in [5.74, 6) is 1.38. The van der Waals surface area contributed by atoms with Crippen molar-refractivity contribution in [3.63, 3.8) is 0 Å². The van der Waals surface area contributed by atoms with Crippen LogP contribution in [0.15, 0.2) is 36.7 Å². The number of amides is 2. The van der Waals surface area contributed by atoms with E-state index in [0.717, 1.165) is 35.7 Å². The van der Waals surface area contributed by atoms with E-state index in [2.05, 4.69) is 41.0 Å². The quantitative estimate of drug-likeness (QED) is 0.230. The number of aromatic nitrogens is 6. The molecule has 0 radical (unpaired) electrons. The minimum Gasteiger partial charge on any atom is -0.494 e. The number of nitrogens with zero attached hydrogens (tertiary/aromatic N) is 6. The third-order valence-corrected chi connectivity index (χ3v) is 8.63. The third kappa shape index (κ3) is 8.03. The number of hydrogen-bond acceptors (Lipinski definition) is 12. The maximum absolute atomic E-state index is 12.6. The van der Waals surface area contributed by atoms with Crippen LogP contribution in [0.4, 0.5) is 10.3 Å². The number of rotatable bonds is 12. The van der Waals surface area contributed by atoms with E-state index in [0.29, 0.717) is 46.4 Å². The van der Waals surface area contributed by atoms with E-state index < -0.39 is 0 Å². The Labute approximate surface area is 251 Å². The molecule has 1 aliphatic rings. The number of ether oxygens (including phenoxy) is 2. The predicted octanol–water partition coefficient (Wildman–Crippen LogP) is 4.78. The van der Waals surface area contributed by atoms with Crippen LogP contribution < -0.4 is 20.1 Å². The molecule has 0 saturated heterocycles. The second kappa shape index (κ2) is 14.2. The summed E-state index contributed by atoms with van der Waals surface area (Å²) in [4.78, 5) is 33.7. The average Bonchev–Trinajstić information content (AvgIpc) is 3.64. The molecule has 2 atom stereocenters. The molecule has 0 bridgehead atoms. The normalized spacial score (nSPS) is 16.5. The molecule has 14 heteroatoms. The average molecular weight is 609 g/mol. The summed E-state index contributed by atoms with van der Waals surface area (Å²) in [7, 11) is 0. The van der Waals surface area contributed by atoms with Crippen LogP contribution >= 0.6 is 22.7 Å². The molecule has 5 rings (SSSR count). The molecular weight excluding hydrogens is 576 g/mol. The lowest BCUT2D eigenvalue weighted by molar-refractivity contribution is -0.116. The summed E-state index contributed by atoms with van der Waals surface area (Å²) in [6, 6.07) is 7.06. The van der Waals surface area contributed by atoms with Crippen LogP contribution in [0, 0.1) is 0 Å². The summed E-state index contributed by atoms with van der Waals surface area (Å²) in [6.45, 7) is 4.91. The maximum atomic E-state index is 12.6. The zero-order valence-corrected chi connectivity index (χ0v) is 25.0. The van der Waals surface area contributed by atoms with Crippen molar-refractivity contribution in [3.05, 3.63) is 58.1 Å². The van der Waals surface area contributed by atoms with Gasteiger partial charge < -0.3 is 20.1 Å². The third-order valence-electron chi connectivity index (χ3n) is 6.63. The Hall–Kier alpha value is -4.04. The summed E-state index contributed by atoms with van der Waals surface area (Å²) < 4.78 is 11.0. The first-order valence-corrected chi connectivity index (χ1v) is 15.5. The van der Waals surface area contributed by atoms with Crippen molar-refractivity contribution in [2.24, 2.45) is 0 Å². The molecule has 220 valence electrons. The standard InChI is InChI=1S/C28H32N8O4S2/c1-3-39-21-8-10-29-19(13-21)15-23(37)31-27-35-33-25(41-27)17-6-5-7-18(12-17)26-34-36-28(42-26)32-24(38)16-20-14-22(40-4-2)9-11-30-20/h8-11,13-14,17-18H,3-7,12,15-16H2,1-2H3,(H,31,35,37)(H,32,36,38). The number of hydrogen-bond donors (Lipinski definition) is 2. The zero-order valence-electron chi connectivity index (χ0n) is 23.4. The SMILES string of the molecule is CCOc1ccnc(CC(=O)Nc2nnc(C3CCCC(c4nnc(NC(=O)Cc5cc(OCC)ccn5)s4)C3)s2)c1. The number of anilines is 2. The molecule has 2 N–H and O–H groups in total. The lowest BCUT2D eigenvalue weighted by atomic mass is 9.82. The van der Waals surface area contributed by atoms with Crippen molar-refractivity contribution >= 4 is 44.8 Å². The van der Waals surface area contributed by atoms with E-state index in [4.69, 9.17) is 9.47 Å². The fourth-order valence-electron chi connectivity index (χ4n) is 4.81. The van der Waals surface area contributed by atoms with Gasteiger partial charge in [-0.05, 0) is 45.2 Å². The van der Waals surface area contributed by atoms with Gasteiger partial charge in [0.2, 0.25) is 22.1 Å². The molecule has 4 aromatic rings. The fraction of sp³-hybridized carbons (Fsp3) is 0.429. The minimum atomic E-state index is -0.207. The van der Waals surface area contributed by atoms with Crippen LogP contribution in [-0.2, 0) is 22.4 Å². The smallest absolute Gasteiger partial charge is 0.232 e. The molecular formula is C28H32N8O4S2. The fourth-order valence-corrected chi connectivity index (χ4v) is 6.63. The molecule has 2 unspecified atom stereocenters. The zero-order chi connectivity index (χ0) is 29.3. The van der Waals surface area contributed by atoms with Crippen LogP contribution in [0.25, 0.3) is 0 Å². The second-order valence-corrected chi connectivity index (χ2v) is 11.8. The van der Waals surface area contributed by atoms with E-state index >= 15 is 0 Å². The Morgan fingerprint density at radius 2 is 1.26 bits per heavy atom. The Kier molecular flexibility index (Phi) is 9.98. The summed E-state index contributed by atoms with van der Waals surface area (Å²) in [5, 5.41) is 25.6. The lowest BCUT2D eigenvalue weighted by Gasteiger charge is -2.25. The number of carbonyl (C=O) groups excluding carboxylic acids is 2. The first-order valence-electron chi connectivity index (χ1n) is 13.9. The molecule has 0 aliphatic heterocycles. The van der Waals surface area contributed by atoms with Crippen molar-refractivity contribution < 1.29 is 19.1 Å². The van der Waals surface area contributed by atoms with Gasteiger partial charge in [-0.3, -0.25) is 19.6 Å². The molecule has 1 saturated carbocycles. The molecule has 42 heavy (non-hydrogen) atoms. The van der Waals surface area contributed by atoms with Gasteiger partial charge in [0.05, 0.1) is 37.4 Å². The van der Waals surface area contributed by atoms with Crippen LogP contribution in [-0.4, -0.2) is 55.4 Å². The van der Waals surface area contributed by atoms with Gasteiger partial charge in [-0.25, -0.2) is 0 Å². The molecule has 4 heterocycles. The Bertz CT molecular complexity index is 1400. The van der Waals surface area contributed by atoms with Gasteiger partial charge >= 0.3 is 0 Å². The van der Waals surface area contributed by atoms with Crippen LogP contribution in [0.5, 0.6) is 11.5 Å². The van der Waals surface area contributed by atoms with E-state index in [1.807, 2.05) is 13.8 Å². The van der Waals surface area contributed by atoms with Crippen molar-refractivity contribution in [2.45, 2.75) is 64.2 Å². The highest BCUT2D eigenvalue weighted by Crippen LogP contribution is 2.43. The predicted molar refractivity (Wildman–Crippen MR) is 159 cm³/mol.